The number of para-hydroxylation sites is 1. The van der Waals surface area contributed by atoms with Crippen molar-refractivity contribution >= 4 is 22.5 Å². The van der Waals surface area contributed by atoms with E-state index in [2.05, 4.69) is 31.1 Å². The molecule has 19 heavy (non-hydrogen) atoms. The number of aliphatic hydroxyl groups excluding tert-OH is 1. The van der Waals surface area contributed by atoms with Crippen LogP contribution in [-0.4, -0.2) is 22.2 Å². The molecule has 3 nitrogen and oxygen atoms in total. The van der Waals surface area contributed by atoms with Crippen molar-refractivity contribution in [3.63, 3.8) is 0 Å². The lowest BCUT2D eigenvalue weighted by Gasteiger charge is -2.22. The number of benzene rings is 1. The first-order chi connectivity index (χ1) is 8.87. The van der Waals surface area contributed by atoms with Crippen LogP contribution in [0.5, 0.6) is 0 Å². The second-order valence-corrected chi connectivity index (χ2v) is 6.10. The first-order valence-electron chi connectivity index (χ1n) is 6.35. The minimum absolute atomic E-state index is 0.0323. The molecule has 0 bridgehead atoms. The first-order valence-corrected chi connectivity index (χ1v) is 6.73. The fourth-order valence-corrected chi connectivity index (χ4v) is 2.04. The highest BCUT2D eigenvalue weighted by molar-refractivity contribution is 6.35. The van der Waals surface area contributed by atoms with Crippen molar-refractivity contribution in [1.29, 1.82) is 0 Å². The van der Waals surface area contributed by atoms with Crippen LogP contribution in [0.15, 0.2) is 30.3 Å². The van der Waals surface area contributed by atoms with Gasteiger partial charge in [-0.25, -0.2) is 4.98 Å². The van der Waals surface area contributed by atoms with Gasteiger partial charge in [-0.1, -0.05) is 29.8 Å². The Morgan fingerprint density at radius 2 is 2.00 bits per heavy atom. The summed E-state index contributed by atoms with van der Waals surface area (Å²) in [6.07, 6.45) is -0.639. The van der Waals surface area contributed by atoms with Crippen LogP contribution in [0, 0.1) is 0 Å². The normalized spacial score (nSPS) is 13.7. The largest absolute Gasteiger partial charge is 0.385 e. The highest BCUT2D eigenvalue weighted by Gasteiger charge is 2.15. The van der Waals surface area contributed by atoms with Crippen molar-refractivity contribution in [3.8, 4) is 0 Å². The molecule has 0 aliphatic rings. The van der Waals surface area contributed by atoms with Crippen LogP contribution < -0.4 is 5.32 Å². The maximum absolute atomic E-state index is 10.2. The van der Waals surface area contributed by atoms with Crippen molar-refractivity contribution in [2.24, 2.45) is 0 Å². The fourth-order valence-electron chi connectivity index (χ4n) is 1.82. The van der Waals surface area contributed by atoms with Crippen molar-refractivity contribution in [1.82, 2.24) is 10.3 Å². The van der Waals surface area contributed by atoms with Crippen LogP contribution in [0.2, 0.25) is 5.02 Å². The van der Waals surface area contributed by atoms with E-state index in [-0.39, 0.29) is 5.54 Å². The van der Waals surface area contributed by atoms with Gasteiger partial charge in [-0.05, 0) is 32.9 Å². The Labute approximate surface area is 118 Å². The Kier molecular flexibility index (Phi) is 4.09. The monoisotopic (exact) mass is 278 g/mol. The average Bonchev–Trinajstić information content (AvgIpc) is 2.35. The van der Waals surface area contributed by atoms with Crippen LogP contribution in [0.3, 0.4) is 0 Å². The Morgan fingerprint density at radius 1 is 1.26 bits per heavy atom. The number of aliphatic hydroxyl groups is 1. The van der Waals surface area contributed by atoms with Crippen molar-refractivity contribution in [2.75, 3.05) is 6.54 Å². The molecule has 2 N–H and O–H groups in total. The van der Waals surface area contributed by atoms with E-state index in [4.69, 9.17) is 11.6 Å². The van der Waals surface area contributed by atoms with Crippen LogP contribution in [0.25, 0.3) is 10.9 Å². The van der Waals surface area contributed by atoms with Gasteiger partial charge in [0, 0.05) is 17.5 Å². The third-order valence-corrected chi connectivity index (χ3v) is 3.16. The predicted molar refractivity (Wildman–Crippen MR) is 79.5 cm³/mol. The standard InChI is InChI=1S/C15H19ClN2O/c1-15(2,3)17-9-13(19)12-8-7-10-5-4-6-11(16)14(10)18-12/h4-8,13,17,19H,9H2,1-3H3/t13-/m1/s1. The SMILES string of the molecule is CC(C)(C)NC[C@@H](O)c1ccc2cccc(Cl)c2n1. The molecule has 4 heteroatoms. The van der Waals surface area contributed by atoms with E-state index < -0.39 is 6.10 Å². The van der Waals surface area contributed by atoms with Crippen LogP contribution in [0.4, 0.5) is 0 Å². The molecular weight excluding hydrogens is 260 g/mol. The lowest BCUT2D eigenvalue weighted by Crippen LogP contribution is -2.38. The highest BCUT2D eigenvalue weighted by atomic mass is 35.5. The molecule has 0 aliphatic carbocycles. The number of rotatable bonds is 3. The minimum atomic E-state index is -0.639. The van der Waals surface area contributed by atoms with Gasteiger partial charge in [0.05, 0.1) is 16.2 Å². The van der Waals surface area contributed by atoms with Gasteiger partial charge in [0.15, 0.2) is 0 Å². The van der Waals surface area contributed by atoms with Gasteiger partial charge in [0.25, 0.3) is 0 Å². The summed E-state index contributed by atoms with van der Waals surface area (Å²) in [5.74, 6) is 0. The molecule has 0 aliphatic heterocycles. The van der Waals surface area contributed by atoms with Gasteiger partial charge < -0.3 is 10.4 Å². The summed E-state index contributed by atoms with van der Waals surface area (Å²) < 4.78 is 0. The Hall–Kier alpha value is -1.16. The lowest BCUT2D eigenvalue weighted by atomic mass is 10.1. The quantitative estimate of drug-likeness (QED) is 0.905. The number of β-amino-alcohol motifs (C(OH)–C–C–N with tert-alkyl or cyclic N) is 1. The van der Waals surface area contributed by atoms with E-state index in [1.54, 1.807) is 6.07 Å². The molecule has 1 heterocycles. The second kappa shape index (κ2) is 5.45. The molecule has 0 saturated heterocycles. The van der Waals surface area contributed by atoms with Gasteiger partial charge in [0.2, 0.25) is 0 Å². The Balaban J connectivity index is 2.23. The van der Waals surface area contributed by atoms with Crippen molar-refractivity contribution < 1.29 is 5.11 Å². The summed E-state index contributed by atoms with van der Waals surface area (Å²) >= 11 is 6.12. The molecule has 2 rings (SSSR count). The molecule has 0 fully saturated rings. The van der Waals surface area contributed by atoms with Gasteiger partial charge in [-0.15, -0.1) is 0 Å². The van der Waals surface area contributed by atoms with Gasteiger partial charge in [-0.3, -0.25) is 0 Å². The highest BCUT2D eigenvalue weighted by Crippen LogP contribution is 2.23. The number of hydrogen-bond donors (Lipinski definition) is 2. The number of pyridine rings is 1. The zero-order valence-corrected chi connectivity index (χ0v) is 12.2. The summed E-state index contributed by atoms with van der Waals surface area (Å²) in [7, 11) is 0. The molecule has 0 amide bonds. The maximum Gasteiger partial charge on any atom is 0.108 e. The van der Waals surface area contributed by atoms with E-state index in [1.807, 2.05) is 24.3 Å². The van der Waals surface area contributed by atoms with Crippen molar-refractivity contribution in [2.45, 2.75) is 32.4 Å². The third-order valence-electron chi connectivity index (χ3n) is 2.86. The number of fused-ring (bicyclic) bond motifs is 1. The summed E-state index contributed by atoms with van der Waals surface area (Å²) in [6, 6.07) is 9.43. The van der Waals surface area contributed by atoms with Gasteiger partial charge in [-0.2, -0.15) is 0 Å². The molecule has 1 aromatic heterocycles. The molecule has 1 aromatic carbocycles. The molecule has 0 saturated carbocycles. The summed E-state index contributed by atoms with van der Waals surface area (Å²) in [5.41, 5.74) is 1.34. The molecule has 1 atom stereocenters. The van der Waals surface area contributed by atoms with E-state index in [9.17, 15) is 5.11 Å². The number of halogens is 1. The summed E-state index contributed by atoms with van der Waals surface area (Å²) in [4.78, 5) is 4.45. The number of nitrogens with zero attached hydrogens (tertiary/aromatic N) is 1. The summed E-state index contributed by atoms with van der Waals surface area (Å²) in [6.45, 7) is 6.64. The topological polar surface area (TPSA) is 45.1 Å². The van der Waals surface area contributed by atoms with Crippen molar-refractivity contribution in [3.05, 3.63) is 41.0 Å². The first kappa shape index (κ1) is 14.3. The van der Waals surface area contributed by atoms with Crippen LogP contribution in [-0.2, 0) is 0 Å². The van der Waals surface area contributed by atoms with E-state index >= 15 is 0 Å². The third kappa shape index (κ3) is 3.66. The Morgan fingerprint density at radius 3 is 2.68 bits per heavy atom. The molecule has 0 spiro atoms. The van der Waals surface area contributed by atoms with Gasteiger partial charge in [0.1, 0.15) is 6.10 Å². The molecule has 0 radical (unpaired) electrons. The van der Waals surface area contributed by atoms with E-state index in [1.165, 1.54) is 0 Å². The van der Waals surface area contributed by atoms with E-state index in [0.717, 1.165) is 10.9 Å². The summed E-state index contributed by atoms with van der Waals surface area (Å²) in [5, 5.41) is 15.0. The predicted octanol–water partition coefficient (Wildman–Crippen LogP) is 3.31. The number of aromatic nitrogens is 1. The molecular formula is C15H19ClN2O. The number of nitrogens with one attached hydrogen (secondary N) is 1. The Bertz CT molecular complexity index is 578. The maximum atomic E-state index is 10.2. The number of hydrogen-bond acceptors (Lipinski definition) is 3. The fraction of sp³-hybridized carbons (Fsp3) is 0.400. The molecule has 0 unspecified atom stereocenters. The van der Waals surface area contributed by atoms with Gasteiger partial charge >= 0.3 is 0 Å². The molecule has 102 valence electrons. The second-order valence-electron chi connectivity index (χ2n) is 5.69. The average molecular weight is 279 g/mol. The molecule has 2 aromatic rings. The zero-order chi connectivity index (χ0) is 14.0. The van der Waals surface area contributed by atoms with Crippen LogP contribution in [0.1, 0.15) is 32.6 Å². The van der Waals surface area contributed by atoms with E-state index in [0.29, 0.717) is 17.3 Å². The van der Waals surface area contributed by atoms with Crippen LogP contribution >= 0.6 is 11.6 Å². The zero-order valence-electron chi connectivity index (χ0n) is 11.4. The smallest absolute Gasteiger partial charge is 0.108 e. The lowest BCUT2D eigenvalue weighted by molar-refractivity contribution is 0.159. The minimum Gasteiger partial charge on any atom is -0.385 e.